The van der Waals surface area contributed by atoms with Crippen LogP contribution in [0.5, 0.6) is 0 Å². The van der Waals surface area contributed by atoms with Crippen LogP contribution in [0.1, 0.15) is 27.2 Å². The fourth-order valence-corrected chi connectivity index (χ4v) is 0.642. The van der Waals surface area contributed by atoms with E-state index in [1.165, 1.54) is 13.8 Å². The van der Waals surface area contributed by atoms with Crippen molar-refractivity contribution in [3.63, 3.8) is 0 Å². The molecule has 0 aromatic heterocycles. The molecule has 0 heterocycles. The van der Waals surface area contributed by atoms with Crippen molar-refractivity contribution < 1.29 is 14.3 Å². The third-order valence-electron chi connectivity index (χ3n) is 1.04. The van der Waals surface area contributed by atoms with E-state index in [0.717, 1.165) is 0 Å². The lowest BCUT2D eigenvalue weighted by atomic mass is 10.4. The number of rotatable bonds is 3. The number of esters is 1. The maximum absolute atomic E-state index is 10.5. The molecule has 0 spiro atoms. The van der Waals surface area contributed by atoms with E-state index in [2.05, 4.69) is 5.32 Å². The van der Waals surface area contributed by atoms with Crippen molar-refractivity contribution in [2.75, 3.05) is 0 Å². The van der Waals surface area contributed by atoms with Crippen molar-refractivity contribution in [3.8, 4) is 0 Å². The molecule has 0 aliphatic carbocycles. The molecular weight excluding hydrogens is 146 g/mol. The zero-order chi connectivity index (χ0) is 8.85. The molecule has 1 atom stereocenters. The van der Waals surface area contributed by atoms with E-state index in [1.807, 2.05) is 6.92 Å². The molecule has 0 saturated heterocycles. The highest BCUT2D eigenvalue weighted by Gasteiger charge is 2.08. The van der Waals surface area contributed by atoms with Crippen molar-refractivity contribution in [1.82, 2.24) is 5.32 Å². The lowest BCUT2D eigenvalue weighted by Crippen LogP contribution is -2.35. The number of hydrogen-bond donors (Lipinski definition) is 1. The Morgan fingerprint density at radius 3 is 2.27 bits per heavy atom. The van der Waals surface area contributed by atoms with E-state index >= 15 is 0 Å². The minimum Gasteiger partial charge on any atom is -0.442 e. The normalized spacial score (nSPS) is 11.9. The first-order valence-corrected chi connectivity index (χ1v) is 3.50. The lowest BCUT2D eigenvalue weighted by Gasteiger charge is -2.14. The zero-order valence-electron chi connectivity index (χ0n) is 7.01. The molecule has 0 aromatic carbocycles. The SMILES string of the molecule is CCC(NC(C)=O)OC(C)=O. The zero-order valence-corrected chi connectivity index (χ0v) is 7.01. The van der Waals surface area contributed by atoms with Crippen LogP contribution in [0.3, 0.4) is 0 Å². The van der Waals surface area contributed by atoms with Gasteiger partial charge >= 0.3 is 5.97 Å². The maximum atomic E-state index is 10.5. The third kappa shape index (κ3) is 5.39. The van der Waals surface area contributed by atoms with Gasteiger partial charge in [0.1, 0.15) is 0 Å². The Labute approximate surface area is 65.9 Å². The Morgan fingerprint density at radius 1 is 1.45 bits per heavy atom. The van der Waals surface area contributed by atoms with Gasteiger partial charge in [0, 0.05) is 20.3 Å². The first-order valence-electron chi connectivity index (χ1n) is 3.50. The van der Waals surface area contributed by atoms with E-state index in [-0.39, 0.29) is 11.9 Å². The molecule has 0 aliphatic heterocycles. The van der Waals surface area contributed by atoms with Gasteiger partial charge in [-0.25, -0.2) is 0 Å². The summed E-state index contributed by atoms with van der Waals surface area (Å²) in [5.74, 6) is -0.580. The second kappa shape index (κ2) is 4.71. The molecule has 0 aromatic rings. The van der Waals surface area contributed by atoms with E-state index in [9.17, 15) is 9.59 Å². The Morgan fingerprint density at radius 2 is 2.00 bits per heavy atom. The molecule has 0 bridgehead atoms. The molecule has 0 aliphatic rings. The highest BCUT2D eigenvalue weighted by atomic mass is 16.6. The van der Waals surface area contributed by atoms with Crippen LogP contribution in [-0.2, 0) is 14.3 Å². The van der Waals surface area contributed by atoms with Crippen molar-refractivity contribution in [2.45, 2.75) is 33.4 Å². The van der Waals surface area contributed by atoms with E-state index in [1.54, 1.807) is 0 Å². The molecule has 11 heavy (non-hydrogen) atoms. The summed E-state index contributed by atoms with van der Waals surface area (Å²) in [6, 6.07) is 0. The second-order valence-electron chi connectivity index (χ2n) is 2.21. The Kier molecular flexibility index (Phi) is 4.26. The van der Waals surface area contributed by atoms with Crippen molar-refractivity contribution in [3.05, 3.63) is 0 Å². The van der Waals surface area contributed by atoms with Gasteiger partial charge in [0.2, 0.25) is 5.91 Å². The van der Waals surface area contributed by atoms with Gasteiger partial charge in [-0.3, -0.25) is 9.59 Å². The maximum Gasteiger partial charge on any atom is 0.304 e. The van der Waals surface area contributed by atoms with Gasteiger partial charge in [-0.2, -0.15) is 0 Å². The van der Waals surface area contributed by atoms with Crippen LogP contribution in [0, 0.1) is 0 Å². The van der Waals surface area contributed by atoms with Crippen LogP contribution < -0.4 is 5.32 Å². The van der Waals surface area contributed by atoms with E-state index in [4.69, 9.17) is 4.74 Å². The smallest absolute Gasteiger partial charge is 0.304 e. The van der Waals surface area contributed by atoms with Gasteiger partial charge in [0.15, 0.2) is 6.23 Å². The predicted molar refractivity (Wildman–Crippen MR) is 39.7 cm³/mol. The van der Waals surface area contributed by atoms with Crippen LogP contribution in [-0.4, -0.2) is 18.1 Å². The summed E-state index contributed by atoms with van der Waals surface area (Å²) in [6.45, 7) is 4.51. The van der Waals surface area contributed by atoms with Gasteiger partial charge in [0.25, 0.3) is 0 Å². The number of hydrogen-bond acceptors (Lipinski definition) is 3. The van der Waals surface area contributed by atoms with Crippen molar-refractivity contribution in [1.29, 1.82) is 0 Å². The van der Waals surface area contributed by atoms with Crippen LogP contribution >= 0.6 is 0 Å². The lowest BCUT2D eigenvalue weighted by molar-refractivity contribution is -0.149. The second-order valence-corrected chi connectivity index (χ2v) is 2.21. The van der Waals surface area contributed by atoms with Gasteiger partial charge in [-0.1, -0.05) is 6.92 Å². The minimum atomic E-state index is -0.481. The highest BCUT2D eigenvalue weighted by molar-refractivity contribution is 5.73. The summed E-state index contributed by atoms with van der Waals surface area (Å²) in [7, 11) is 0. The van der Waals surface area contributed by atoms with Gasteiger partial charge in [-0.15, -0.1) is 0 Å². The summed E-state index contributed by atoms with van der Waals surface area (Å²) in [5, 5.41) is 2.48. The molecule has 64 valence electrons. The van der Waals surface area contributed by atoms with E-state index in [0.29, 0.717) is 6.42 Å². The molecular formula is C7H13NO3. The first-order chi connectivity index (χ1) is 5.06. The molecule has 0 saturated carbocycles. The standard InChI is InChI=1S/C7H13NO3/c1-4-7(8-5(2)9)11-6(3)10/h7H,4H2,1-3H3,(H,8,9). The fourth-order valence-electron chi connectivity index (χ4n) is 0.642. The number of carbonyl (C=O) groups excluding carboxylic acids is 2. The monoisotopic (exact) mass is 159 g/mol. The molecule has 0 radical (unpaired) electrons. The molecule has 1 N–H and O–H groups in total. The summed E-state index contributed by atoms with van der Waals surface area (Å²) >= 11 is 0. The topological polar surface area (TPSA) is 55.4 Å². The predicted octanol–water partition coefficient (Wildman–Crippen LogP) is 0.422. The van der Waals surface area contributed by atoms with Gasteiger partial charge < -0.3 is 10.1 Å². The number of carbonyl (C=O) groups is 2. The summed E-state index contributed by atoms with van der Waals surface area (Å²) in [6.07, 6.45) is 0.101. The molecule has 1 amide bonds. The highest BCUT2D eigenvalue weighted by Crippen LogP contribution is 1.93. The number of ether oxygens (including phenoxy) is 1. The molecule has 4 nitrogen and oxygen atoms in total. The summed E-state index contributed by atoms with van der Waals surface area (Å²) < 4.78 is 4.74. The minimum absolute atomic E-state index is 0.196. The van der Waals surface area contributed by atoms with Crippen molar-refractivity contribution in [2.24, 2.45) is 0 Å². The van der Waals surface area contributed by atoms with E-state index < -0.39 is 6.23 Å². The van der Waals surface area contributed by atoms with Crippen LogP contribution in [0.4, 0.5) is 0 Å². The van der Waals surface area contributed by atoms with Gasteiger partial charge in [-0.05, 0) is 0 Å². The van der Waals surface area contributed by atoms with Gasteiger partial charge in [0.05, 0.1) is 0 Å². The van der Waals surface area contributed by atoms with Crippen LogP contribution in [0.2, 0.25) is 0 Å². The number of nitrogens with one attached hydrogen (secondary N) is 1. The Balaban J connectivity index is 3.76. The molecule has 0 fully saturated rings. The Hall–Kier alpha value is -1.06. The fraction of sp³-hybridized carbons (Fsp3) is 0.714. The molecule has 4 heteroatoms. The number of amides is 1. The summed E-state index contributed by atoms with van der Waals surface area (Å²) in [5.41, 5.74) is 0. The summed E-state index contributed by atoms with van der Waals surface area (Å²) in [4.78, 5) is 20.9. The average molecular weight is 159 g/mol. The quantitative estimate of drug-likeness (QED) is 0.479. The average Bonchev–Trinajstić information content (AvgIpc) is 1.84. The Bertz CT molecular complexity index is 140. The van der Waals surface area contributed by atoms with Crippen molar-refractivity contribution >= 4 is 11.9 Å². The largest absolute Gasteiger partial charge is 0.442 e. The first kappa shape index (κ1) is 9.94. The van der Waals surface area contributed by atoms with Crippen LogP contribution in [0.25, 0.3) is 0 Å². The van der Waals surface area contributed by atoms with Crippen LogP contribution in [0.15, 0.2) is 0 Å². The molecule has 1 unspecified atom stereocenters. The third-order valence-corrected chi connectivity index (χ3v) is 1.04. The molecule has 0 rings (SSSR count).